The Kier molecular flexibility index (Phi) is 7.54. The van der Waals surface area contributed by atoms with E-state index in [9.17, 15) is 14.7 Å². The summed E-state index contributed by atoms with van der Waals surface area (Å²) in [6.45, 7) is 3.43. The Labute approximate surface area is 232 Å². The molecule has 10 heteroatoms. The third-order valence-corrected chi connectivity index (χ3v) is 7.35. The highest BCUT2D eigenvalue weighted by atomic mass is 35.5. The van der Waals surface area contributed by atoms with Gasteiger partial charge in [-0.3, -0.25) is 19.6 Å². The second-order valence-corrected chi connectivity index (χ2v) is 9.93. The number of aryl methyl sites for hydroxylation is 1. The summed E-state index contributed by atoms with van der Waals surface area (Å²) in [5.74, 6) is 0.346. The van der Waals surface area contributed by atoms with Gasteiger partial charge in [-0.25, -0.2) is 0 Å². The Morgan fingerprint density at radius 3 is 2.67 bits per heavy atom. The van der Waals surface area contributed by atoms with Gasteiger partial charge in [0, 0.05) is 26.6 Å². The third kappa shape index (κ3) is 5.20. The normalized spacial score (nSPS) is 14.2. The number of hydrogen-bond acceptors (Lipinski definition) is 7. The van der Waals surface area contributed by atoms with Gasteiger partial charge >= 0.3 is 5.97 Å². The summed E-state index contributed by atoms with van der Waals surface area (Å²) in [4.78, 5) is 26.4. The molecule has 0 saturated heterocycles. The van der Waals surface area contributed by atoms with Crippen LogP contribution in [0.25, 0.3) is 0 Å². The molecule has 3 aromatic carbocycles. The summed E-state index contributed by atoms with van der Waals surface area (Å²) in [5.41, 5.74) is 9.65. The van der Waals surface area contributed by atoms with Crippen molar-refractivity contribution in [2.24, 2.45) is 0 Å². The molecule has 39 heavy (non-hydrogen) atoms. The fourth-order valence-corrected chi connectivity index (χ4v) is 5.46. The molecule has 0 radical (unpaired) electrons. The average Bonchev–Trinajstić information content (AvgIpc) is 3.26. The molecule has 2 N–H and O–H groups in total. The van der Waals surface area contributed by atoms with Crippen LogP contribution in [0.2, 0.25) is 5.02 Å². The number of nitrogens with zero attached hydrogens (tertiary/aromatic N) is 3. The van der Waals surface area contributed by atoms with Gasteiger partial charge in [0.25, 0.3) is 5.91 Å². The Morgan fingerprint density at radius 2 is 1.95 bits per heavy atom. The minimum absolute atomic E-state index is 0.0359. The summed E-state index contributed by atoms with van der Waals surface area (Å²) in [7, 11) is 3.52. The molecule has 9 nitrogen and oxygen atoms in total. The zero-order valence-electron chi connectivity index (χ0n) is 22.2. The van der Waals surface area contributed by atoms with E-state index in [4.69, 9.17) is 21.1 Å². The number of hydrogen-bond donors (Lipinski definition) is 2. The SMILES string of the molecule is CCOc1ccc(C(=O)N2CCc3c(cccc3N3NN(C)c4c(OC)cc(CCC(=O)O)cc43)C2)c(Cl)c1. The summed E-state index contributed by atoms with van der Waals surface area (Å²) >= 11 is 6.44. The van der Waals surface area contributed by atoms with Gasteiger partial charge in [-0.15, -0.1) is 5.53 Å². The first-order valence-corrected chi connectivity index (χ1v) is 13.2. The number of fused-ring (bicyclic) bond motifs is 2. The van der Waals surface area contributed by atoms with E-state index >= 15 is 0 Å². The van der Waals surface area contributed by atoms with Crippen LogP contribution in [0, 0.1) is 0 Å². The summed E-state index contributed by atoms with van der Waals surface area (Å²) in [5, 5.41) is 13.4. The van der Waals surface area contributed by atoms with Crippen LogP contribution in [-0.2, 0) is 24.2 Å². The fraction of sp³-hybridized carbons (Fsp3) is 0.310. The Hall–Kier alpha value is -3.95. The molecule has 2 aliphatic heterocycles. The quantitative estimate of drug-likeness (QED) is 0.406. The van der Waals surface area contributed by atoms with Crippen molar-refractivity contribution >= 4 is 40.5 Å². The standard InChI is InChI=1S/C29H31ClN4O5/c1-4-39-20-9-10-22(23(30)16-20)29(37)33-13-12-21-19(17-33)6-5-7-24(21)34-25-14-18(8-11-27(35)36)15-26(38-3)28(25)32(2)31-34/h5-7,9-10,14-16,31H,4,8,11-13,17H2,1-3H3,(H,35,36). The first-order chi connectivity index (χ1) is 18.8. The molecule has 2 heterocycles. The molecule has 1 amide bonds. The van der Waals surface area contributed by atoms with E-state index in [0.29, 0.717) is 54.6 Å². The minimum Gasteiger partial charge on any atom is -0.494 e. The molecule has 0 aliphatic carbocycles. The molecule has 0 fully saturated rings. The fourth-order valence-electron chi connectivity index (χ4n) is 5.21. The van der Waals surface area contributed by atoms with Crippen LogP contribution in [0.15, 0.2) is 48.5 Å². The second-order valence-electron chi connectivity index (χ2n) is 9.52. The van der Waals surface area contributed by atoms with Crippen LogP contribution in [0.5, 0.6) is 11.5 Å². The number of anilines is 3. The number of carbonyl (C=O) groups excluding carboxylic acids is 1. The number of benzene rings is 3. The van der Waals surface area contributed by atoms with Crippen molar-refractivity contribution in [3.8, 4) is 11.5 Å². The van der Waals surface area contributed by atoms with Crippen molar-refractivity contribution in [2.45, 2.75) is 32.7 Å². The van der Waals surface area contributed by atoms with Crippen molar-refractivity contribution in [1.29, 1.82) is 0 Å². The van der Waals surface area contributed by atoms with E-state index < -0.39 is 5.97 Å². The number of halogens is 1. The topological polar surface area (TPSA) is 94.6 Å². The molecule has 0 atom stereocenters. The van der Waals surface area contributed by atoms with Gasteiger partial charge in [0.2, 0.25) is 0 Å². The number of amides is 1. The van der Waals surface area contributed by atoms with Gasteiger partial charge in [-0.05, 0) is 72.9 Å². The predicted octanol–water partition coefficient (Wildman–Crippen LogP) is 4.97. The maximum Gasteiger partial charge on any atom is 0.303 e. The van der Waals surface area contributed by atoms with E-state index in [-0.39, 0.29) is 12.3 Å². The molecule has 0 saturated carbocycles. The number of carboxylic acids is 1. The van der Waals surface area contributed by atoms with E-state index in [1.165, 1.54) is 0 Å². The molecule has 3 aromatic rings. The molecule has 0 aromatic heterocycles. The summed E-state index contributed by atoms with van der Waals surface area (Å²) in [6, 6.07) is 15.1. The van der Waals surface area contributed by atoms with Gasteiger partial charge in [0.1, 0.15) is 17.2 Å². The molecule has 0 unspecified atom stereocenters. The van der Waals surface area contributed by atoms with Crippen LogP contribution in [0.4, 0.5) is 17.1 Å². The molecule has 2 aliphatic rings. The largest absolute Gasteiger partial charge is 0.494 e. The highest BCUT2D eigenvalue weighted by molar-refractivity contribution is 6.34. The summed E-state index contributed by atoms with van der Waals surface area (Å²) in [6.07, 6.45) is 1.10. The Morgan fingerprint density at radius 1 is 1.13 bits per heavy atom. The van der Waals surface area contributed by atoms with Gasteiger partial charge in [0.15, 0.2) is 0 Å². The van der Waals surface area contributed by atoms with E-state index in [1.807, 2.05) is 59.2 Å². The minimum atomic E-state index is -0.843. The van der Waals surface area contributed by atoms with Crippen LogP contribution in [-0.4, -0.2) is 49.2 Å². The van der Waals surface area contributed by atoms with Gasteiger partial charge in [0.05, 0.1) is 35.7 Å². The highest BCUT2D eigenvalue weighted by Crippen LogP contribution is 2.46. The number of rotatable bonds is 8. The van der Waals surface area contributed by atoms with Crippen LogP contribution in [0.3, 0.4) is 0 Å². The van der Waals surface area contributed by atoms with Gasteiger partial charge in [-0.2, -0.15) is 0 Å². The number of ether oxygens (including phenoxy) is 2. The predicted molar refractivity (Wildman–Crippen MR) is 150 cm³/mol. The van der Waals surface area contributed by atoms with Crippen LogP contribution >= 0.6 is 11.6 Å². The smallest absolute Gasteiger partial charge is 0.303 e. The lowest BCUT2D eigenvalue weighted by molar-refractivity contribution is -0.136. The molecule has 204 valence electrons. The number of carboxylic acid groups (broad SMARTS) is 1. The van der Waals surface area contributed by atoms with E-state index in [1.54, 1.807) is 25.3 Å². The zero-order chi connectivity index (χ0) is 27.7. The van der Waals surface area contributed by atoms with E-state index in [2.05, 4.69) is 5.53 Å². The number of carbonyl (C=O) groups is 2. The molecule has 0 spiro atoms. The van der Waals surface area contributed by atoms with Gasteiger partial charge < -0.3 is 19.5 Å². The zero-order valence-corrected chi connectivity index (χ0v) is 22.9. The maximum atomic E-state index is 13.4. The molecular weight excluding hydrogens is 520 g/mol. The van der Waals surface area contributed by atoms with Crippen LogP contribution < -0.4 is 25.0 Å². The van der Waals surface area contributed by atoms with Crippen molar-refractivity contribution in [3.05, 3.63) is 75.8 Å². The van der Waals surface area contributed by atoms with Crippen molar-refractivity contribution < 1.29 is 24.2 Å². The maximum absolute atomic E-state index is 13.4. The molecular formula is C29H31ClN4O5. The Bertz CT molecular complexity index is 1430. The highest BCUT2D eigenvalue weighted by Gasteiger charge is 2.32. The first-order valence-electron chi connectivity index (χ1n) is 12.9. The second kappa shape index (κ2) is 11.0. The van der Waals surface area contributed by atoms with Crippen molar-refractivity contribution in [3.63, 3.8) is 0 Å². The average molecular weight is 551 g/mol. The number of hydrazine groups is 2. The van der Waals surface area contributed by atoms with Crippen molar-refractivity contribution in [2.75, 3.05) is 37.3 Å². The monoisotopic (exact) mass is 550 g/mol. The van der Waals surface area contributed by atoms with E-state index in [0.717, 1.165) is 33.8 Å². The molecule has 5 rings (SSSR count). The lowest BCUT2D eigenvalue weighted by Crippen LogP contribution is -2.41. The lowest BCUT2D eigenvalue weighted by Gasteiger charge is -2.32. The molecule has 0 bridgehead atoms. The lowest BCUT2D eigenvalue weighted by atomic mass is 9.96. The summed E-state index contributed by atoms with van der Waals surface area (Å²) < 4.78 is 11.2. The van der Waals surface area contributed by atoms with Crippen molar-refractivity contribution in [1.82, 2.24) is 10.4 Å². The van der Waals surface area contributed by atoms with Gasteiger partial charge in [-0.1, -0.05) is 23.7 Å². The number of nitrogens with one attached hydrogen (secondary N) is 1. The van der Waals surface area contributed by atoms with Crippen LogP contribution in [0.1, 0.15) is 40.4 Å². The first kappa shape index (κ1) is 26.6. The Balaban J connectivity index is 1.43. The number of aliphatic carboxylic acids is 1. The third-order valence-electron chi connectivity index (χ3n) is 7.04. The number of methoxy groups -OCH3 is 1.